The van der Waals surface area contributed by atoms with Crippen molar-refractivity contribution in [1.29, 1.82) is 0 Å². The van der Waals surface area contributed by atoms with E-state index in [2.05, 4.69) is 0 Å². The largest absolute Gasteiger partial charge is 0.481 e. The molecule has 1 fully saturated rings. The molecule has 4 heteroatoms. The summed E-state index contributed by atoms with van der Waals surface area (Å²) in [5, 5.41) is 8.82. The molecule has 1 N–H and O–H groups in total. The van der Waals surface area contributed by atoms with Gasteiger partial charge in [0.1, 0.15) is 0 Å². The van der Waals surface area contributed by atoms with E-state index in [1.54, 1.807) is 31.2 Å². The molecule has 2 atom stereocenters. The van der Waals surface area contributed by atoms with Crippen LogP contribution in [0.5, 0.6) is 0 Å². The van der Waals surface area contributed by atoms with Crippen molar-refractivity contribution in [3.8, 4) is 0 Å². The minimum atomic E-state index is -0.746. The number of carbonyl (C=O) groups excluding carboxylic acids is 1. The van der Waals surface area contributed by atoms with E-state index in [9.17, 15) is 9.59 Å². The van der Waals surface area contributed by atoms with Crippen LogP contribution in [0.15, 0.2) is 24.3 Å². The molecule has 90 valence electrons. The summed E-state index contributed by atoms with van der Waals surface area (Å²) in [7, 11) is 0. The number of hydrogen-bond acceptors (Lipinski definition) is 3. The van der Waals surface area contributed by atoms with Gasteiger partial charge in [-0.25, -0.2) is 4.79 Å². The van der Waals surface area contributed by atoms with Gasteiger partial charge in [-0.3, -0.25) is 4.79 Å². The number of aliphatic carboxylic acids is 1. The Kier molecular flexibility index (Phi) is 3.13. The average molecular weight is 234 g/mol. The maximum Gasteiger partial charge on any atom is 0.338 e. The molecule has 0 amide bonds. The maximum atomic E-state index is 11.4. The van der Waals surface area contributed by atoms with Gasteiger partial charge in [-0.1, -0.05) is 12.1 Å². The molecule has 1 saturated carbocycles. The standard InChI is InChI=1S/C13H14O4/c1-2-17-13(16)9-5-3-8(4-6-9)10-7-11(10)12(14)15/h3-6,10-11H,2,7H2,1H3,(H,14,15)/t10-,11+/m0/s1. The highest BCUT2D eigenvalue weighted by molar-refractivity contribution is 5.89. The molecule has 0 aromatic heterocycles. The van der Waals surface area contributed by atoms with Crippen LogP contribution in [0.4, 0.5) is 0 Å². The zero-order valence-electron chi connectivity index (χ0n) is 9.55. The summed E-state index contributed by atoms with van der Waals surface area (Å²) < 4.78 is 4.87. The van der Waals surface area contributed by atoms with Crippen LogP contribution in [-0.2, 0) is 9.53 Å². The van der Waals surface area contributed by atoms with Gasteiger partial charge in [0, 0.05) is 0 Å². The molecular formula is C13H14O4. The zero-order chi connectivity index (χ0) is 12.4. The van der Waals surface area contributed by atoms with E-state index in [0.717, 1.165) is 5.56 Å². The van der Waals surface area contributed by atoms with Crippen molar-refractivity contribution in [2.75, 3.05) is 6.61 Å². The first kappa shape index (κ1) is 11.6. The smallest absolute Gasteiger partial charge is 0.338 e. The number of esters is 1. The summed E-state index contributed by atoms with van der Waals surface area (Å²) >= 11 is 0. The Morgan fingerprint density at radius 3 is 2.47 bits per heavy atom. The molecule has 1 aromatic rings. The van der Waals surface area contributed by atoms with E-state index in [4.69, 9.17) is 9.84 Å². The number of carbonyl (C=O) groups is 2. The molecule has 17 heavy (non-hydrogen) atoms. The minimum absolute atomic E-state index is 0.101. The fourth-order valence-electron chi connectivity index (χ4n) is 1.92. The summed E-state index contributed by atoms with van der Waals surface area (Å²) in [6, 6.07) is 6.98. The number of rotatable bonds is 4. The Balaban J connectivity index is 2.04. The molecule has 1 aliphatic rings. The second kappa shape index (κ2) is 4.57. The Morgan fingerprint density at radius 1 is 1.35 bits per heavy atom. The first-order chi connectivity index (χ1) is 8.13. The van der Waals surface area contributed by atoms with E-state index < -0.39 is 5.97 Å². The summed E-state index contributed by atoms with van der Waals surface area (Å²) in [6.45, 7) is 2.11. The van der Waals surface area contributed by atoms with Crippen molar-refractivity contribution in [2.24, 2.45) is 5.92 Å². The molecular weight excluding hydrogens is 220 g/mol. The van der Waals surface area contributed by atoms with Crippen LogP contribution in [0.1, 0.15) is 35.2 Å². The summed E-state index contributed by atoms with van der Waals surface area (Å²) in [5.41, 5.74) is 1.48. The topological polar surface area (TPSA) is 63.6 Å². The van der Waals surface area contributed by atoms with Crippen molar-refractivity contribution in [1.82, 2.24) is 0 Å². The molecule has 4 nitrogen and oxygen atoms in total. The molecule has 0 unspecified atom stereocenters. The van der Waals surface area contributed by atoms with E-state index in [1.807, 2.05) is 0 Å². The van der Waals surface area contributed by atoms with Gasteiger partial charge in [0.25, 0.3) is 0 Å². The highest BCUT2D eigenvalue weighted by Crippen LogP contribution is 2.47. The van der Waals surface area contributed by atoms with Crippen LogP contribution in [0, 0.1) is 5.92 Å². The first-order valence-electron chi connectivity index (χ1n) is 5.63. The number of carboxylic acids is 1. The van der Waals surface area contributed by atoms with E-state index in [-0.39, 0.29) is 17.8 Å². The Labute approximate surface area is 99.2 Å². The molecule has 1 aliphatic carbocycles. The van der Waals surface area contributed by atoms with Gasteiger partial charge in [-0.05, 0) is 37.0 Å². The van der Waals surface area contributed by atoms with Gasteiger partial charge in [-0.2, -0.15) is 0 Å². The normalized spacial score (nSPS) is 21.9. The number of hydrogen-bond donors (Lipinski definition) is 1. The monoisotopic (exact) mass is 234 g/mol. The first-order valence-corrected chi connectivity index (χ1v) is 5.63. The minimum Gasteiger partial charge on any atom is -0.481 e. The molecule has 1 aromatic carbocycles. The predicted molar refractivity (Wildman–Crippen MR) is 60.9 cm³/mol. The number of carboxylic acid groups (broad SMARTS) is 1. The van der Waals surface area contributed by atoms with Crippen LogP contribution in [0.25, 0.3) is 0 Å². The van der Waals surface area contributed by atoms with Crippen LogP contribution < -0.4 is 0 Å². The lowest BCUT2D eigenvalue weighted by Crippen LogP contribution is -2.04. The zero-order valence-corrected chi connectivity index (χ0v) is 9.55. The summed E-state index contributed by atoms with van der Waals surface area (Å²) in [4.78, 5) is 22.1. The van der Waals surface area contributed by atoms with Gasteiger partial charge < -0.3 is 9.84 Å². The lowest BCUT2D eigenvalue weighted by Gasteiger charge is -2.03. The van der Waals surface area contributed by atoms with Crippen molar-refractivity contribution >= 4 is 11.9 Å². The highest BCUT2D eigenvalue weighted by atomic mass is 16.5. The summed E-state index contributed by atoms with van der Waals surface area (Å²) in [6.07, 6.45) is 0.689. The van der Waals surface area contributed by atoms with Crippen molar-refractivity contribution in [2.45, 2.75) is 19.3 Å². The Morgan fingerprint density at radius 2 is 2.00 bits per heavy atom. The second-order valence-corrected chi connectivity index (χ2v) is 4.13. The Hall–Kier alpha value is -1.84. The van der Waals surface area contributed by atoms with E-state index in [1.165, 1.54) is 0 Å². The summed E-state index contributed by atoms with van der Waals surface area (Å²) in [5.74, 6) is -1.25. The molecule has 0 spiro atoms. The number of benzene rings is 1. The molecule has 0 heterocycles. The predicted octanol–water partition coefficient (Wildman–Crippen LogP) is 2.05. The van der Waals surface area contributed by atoms with Crippen LogP contribution >= 0.6 is 0 Å². The van der Waals surface area contributed by atoms with Crippen LogP contribution in [-0.4, -0.2) is 23.7 Å². The van der Waals surface area contributed by atoms with Crippen molar-refractivity contribution in [3.05, 3.63) is 35.4 Å². The third kappa shape index (κ3) is 2.46. The fourth-order valence-corrected chi connectivity index (χ4v) is 1.92. The van der Waals surface area contributed by atoms with Crippen molar-refractivity contribution in [3.63, 3.8) is 0 Å². The van der Waals surface area contributed by atoms with Crippen LogP contribution in [0.3, 0.4) is 0 Å². The molecule has 0 bridgehead atoms. The molecule has 0 saturated heterocycles. The van der Waals surface area contributed by atoms with Gasteiger partial charge in [0.2, 0.25) is 0 Å². The highest BCUT2D eigenvalue weighted by Gasteiger charge is 2.44. The van der Waals surface area contributed by atoms with Gasteiger partial charge >= 0.3 is 11.9 Å². The average Bonchev–Trinajstić information content (AvgIpc) is 3.09. The third-order valence-corrected chi connectivity index (χ3v) is 2.96. The SMILES string of the molecule is CCOC(=O)c1ccc([C@@H]2C[C@H]2C(=O)O)cc1. The fraction of sp³-hybridized carbons (Fsp3) is 0.385. The van der Waals surface area contributed by atoms with E-state index >= 15 is 0 Å². The quantitative estimate of drug-likeness (QED) is 0.810. The lowest BCUT2D eigenvalue weighted by molar-refractivity contribution is -0.138. The van der Waals surface area contributed by atoms with Crippen molar-refractivity contribution < 1.29 is 19.4 Å². The molecule has 2 rings (SSSR count). The molecule has 0 radical (unpaired) electrons. The van der Waals surface area contributed by atoms with E-state index in [0.29, 0.717) is 18.6 Å². The lowest BCUT2D eigenvalue weighted by atomic mass is 10.1. The maximum absolute atomic E-state index is 11.4. The van der Waals surface area contributed by atoms with Gasteiger partial charge in [0.05, 0.1) is 18.1 Å². The molecule has 0 aliphatic heterocycles. The third-order valence-electron chi connectivity index (χ3n) is 2.96. The second-order valence-electron chi connectivity index (χ2n) is 4.13. The number of ether oxygens (including phenoxy) is 1. The van der Waals surface area contributed by atoms with Gasteiger partial charge in [0.15, 0.2) is 0 Å². The van der Waals surface area contributed by atoms with Crippen LogP contribution in [0.2, 0.25) is 0 Å². The Bertz CT molecular complexity index is 435. The van der Waals surface area contributed by atoms with Gasteiger partial charge in [-0.15, -0.1) is 0 Å².